The number of hydrogen-bond donors (Lipinski definition) is 1. The SMILES string of the molecule is C[C@@H](N)Cc1cc(F)cc(OCc2ccccc2)c1. The average molecular weight is 259 g/mol. The molecule has 100 valence electrons. The van der Waals surface area contributed by atoms with Crippen LogP contribution in [0.25, 0.3) is 0 Å². The maximum absolute atomic E-state index is 13.5. The van der Waals surface area contributed by atoms with Gasteiger partial charge in [-0.05, 0) is 36.6 Å². The molecular formula is C16H18FNO. The molecule has 0 aliphatic heterocycles. The molecule has 0 amide bonds. The van der Waals surface area contributed by atoms with E-state index in [0.717, 1.165) is 11.1 Å². The predicted molar refractivity (Wildman–Crippen MR) is 74.5 cm³/mol. The molecule has 0 aliphatic rings. The Morgan fingerprint density at radius 3 is 2.53 bits per heavy atom. The molecule has 3 heteroatoms. The molecule has 0 aromatic heterocycles. The Morgan fingerprint density at radius 2 is 1.84 bits per heavy atom. The number of nitrogens with two attached hydrogens (primary N) is 1. The van der Waals surface area contributed by atoms with Crippen LogP contribution < -0.4 is 10.5 Å². The van der Waals surface area contributed by atoms with Gasteiger partial charge in [-0.15, -0.1) is 0 Å². The largest absolute Gasteiger partial charge is 0.489 e. The Bertz CT molecular complexity index is 526. The van der Waals surface area contributed by atoms with Gasteiger partial charge in [0.25, 0.3) is 0 Å². The second-order valence-electron chi connectivity index (χ2n) is 4.75. The molecule has 0 aliphatic carbocycles. The highest BCUT2D eigenvalue weighted by molar-refractivity contribution is 5.30. The molecule has 0 unspecified atom stereocenters. The van der Waals surface area contributed by atoms with Gasteiger partial charge in [0.15, 0.2) is 0 Å². The Labute approximate surface area is 113 Å². The summed E-state index contributed by atoms with van der Waals surface area (Å²) in [6.07, 6.45) is 0.638. The third-order valence-corrected chi connectivity index (χ3v) is 2.74. The van der Waals surface area contributed by atoms with Crippen molar-refractivity contribution in [3.8, 4) is 5.75 Å². The number of rotatable bonds is 5. The summed E-state index contributed by atoms with van der Waals surface area (Å²) >= 11 is 0. The Kier molecular flexibility index (Phi) is 4.53. The van der Waals surface area contributed by atoms with E-state index in [-0.39, 0.29) is 11.9 Å². The Balaban J connectivity index is 2.05. The van der Waals surface area contributed by atoms with Crippen molar-refractivity contribution < 1.29 is 9.13 Å². The van der Waals surface area contributed by atoms with Crippen molar-refractivity contribution in [3.05, 3.63) is 65.5 Å². The van der Waals surface area contributed by atoms with E-state index >= 15 is 0 Å². The predicted octanol–water partition coefficient (Wildman–Crippen LogP) is 3.29. The first-order valence-electron chi connectivity index (χ1n) is 6.35. The highest BCUT2D eigenvalue weighted by Crippen LogP contribution is 2.18. The maximum Gasteiger partial charge on any atom is 0.127 e. The minimum absolute atomic E-state index is 0.00349. The molecule has 2 N–H and O–H groups in total. The molecule has 2 rings (SSSR count). The van der Waals surface area contributed by atoms with E-state index in [2.05, 4.69) is 0 Å². The van der Waals surface area contributed by atoms with Gasteiger partial charge in [-0.25, -0.2) is 4.39 Å². The van der Waals surface area contributed by atoms with Gasteiger partial charge in [-0.3, -0.25) is 0 Å². The molecule has 0 bridgehead atoms. The summed E-state index contributed by atoms with van der Waals surface area (Å²) in [5, 5.41) is 0. The first-order chi connectivity index (χ1) is 9.13. The lowest BCUT2D eigenvalue weighted by Crippen LogP contribution is -2.17. The monoisotopic (exact) mass is 259 g/mol. The van der Waals surface area contributed by atoms with Crippen molar-refractivity contribution in [2.24, 2.45) is 5.73 Å². The van der Waals surface area contributed by atoms with Gasteiger partial charge in [-0.1, -0.05) is 30.3 Å². The van der Waals surface area contributed by atoms with E-state index in [0.29, 0.717) is 18.8 Å². The smallest absolute Gasteiger partial charge is 0.127 e. The molecule has 0 saturated heterocycles. The highest BCUT2D eigenvalue weighted by atomic mass is 19.1. The van der Waals surface area contributed by atoms with Gasteiger partial charge in [0.05, 0.1) is 0 Å². The van der Waals surface area contributed by atoms with E-state index in [1.54, 1.807) is 0 Å². The van der Waals surface area contributed by atoms with Crippen LogP contribution in [0.5, 0.6) is 5.75 Å². The van der Waals surface area contributed by atoms with Crippen LogP contribution >= 0.6 is 0 Å². The van der Waals surface area contributed by atoms with Crippen molar-refractivity contribution in [3.63, 3.8) is 0 Å². The Hall–Kier alpha value is -1.87. The van der Waals surface area contributed by atoms with Crippen molar-refractivity contribution in [1.29, 1.82) is 0 Å². The summed E-state index contributed by atoms with van der Waals surface area (Å²) in [5.41, 5.74) is 7.64. The average Bonchev–Trinajstić information content (AvgIpc) is 2.36. The topological polar surface area (TPSA) is 35.2 Å². The fourth-order valence-electron chi connectivity index (χ4n) is 1.93. The van der Waals surface area contributed by atoms with Crippen molar-refractivity contribution in [2.75, 3.05) is 0 Å². The van der Waals surface area contributed by atoms with Crippen LogP contribution in [0.1, 0.15) is 18.1 Å². The molecule has 1 atom stereocenters. The lowest BCUT2D eigenvalue weighted by atomic mass is 10.1. The zero-order chi connectivity index (χ0) is 13.7. The normalized spacial score (nSPS) is 12.2. The first-order valence-corrected chi connectivity index (χ1v) is 6.35. The van der Waals surface area contributed by atoms with Crippen molar-refractivity contribution >= 4 is 0 Å². The van der Waals surface area contributed by atoms with Gasteiger partial charge in [-0.2, -0.15) is 0 Å². The number of ether oxygens (including phenoxy) is 1. The zero-order valence-corrected chi connectivity index (χ0v) is 11.0. The fourth-order valence-corrected chi connectivity index (χ4v) is 1.93. The molecule has 0 heterocycles. The zero-order valence-electron chi connectivity index (χ0n) is 11.0. The van der Waals surface area contributed by atoms with Crippen LogP contribution in [0.3, 0.4) is 0 Å². The van der Waals surface area contributed by atoms with Crippen LogP contribution in [0.15, 0.2) is 48.5 Å². The summed E-state index contributed by atoms with van der Waals surface area (Å²) in [4.78, 5) is 0. The van der Waals surface area contributed by atoms with E-state index in [1.165, 1.54) is 12.1 Å². The molecule has 19 heavy (non-hydrogen) atoms. The number of halogens is 1. The molecule has 2 nitrogen and oxygen atoms in total. The van der Waals surface area contributed by atoms with Crippen LogP contribution in [0, 0.1) is 5.82 Å². The summed E-state index contributed by atoms with van der Waals surface area (Å²) in [6, 6.07) is 14.5. The van der Waals surface area contributed by atoms with Crippen molar-refractivity contribution in [2.45, 2.75) is 26.0 Å². The van der Waals surface area contributed by atoms with E-state index < -0.39 is 0 Å². The summed E-state index contributed by atoms with van der Waals surface area (Å²) < 4.78 is 19.1. The summed E-state index contributed by atoms with van der Waals surface area (Å²) in [7, 11) is 0. The minimum Gasteiger partial charge on any atom is -0.489 e. The lowest BCUT2D eigenvalue weighted by molar-refractivity contribution is 0.304. The van der Waals surface area contributed by atoms with Crippen LogP contribution in [0.2, 0.25) is 0 Å². The van der Waals surface area contributed by atoms with Gasteiger partial charge >= 0.3 is 0 Å². The standard InChI is InChI=1S/C16H18FNO/c1-12(18)7-14-8-15(17)10-16(9-14)19-11-13-5-3-2-4-6-13/h2-6,8-10,12H,7,11,18H2,1H3/t12-/m1/s1. The molecular weight excluding hydrogens is 241 g/mol. The van der Waals surface area contributed by atoms with Crippen LogP contribution in [-0.2, 0) is 13.0 Å². The van der Waals surface area contributed by atoms with Gasteiger partial charge in [0, 0.05) is 12.1 Å². The quantitative estimate of drug-likeness (QED) is 0.894. The second kappa shape index (κ2) is 6.34. The van der Waals surface area contributed by atoms with E-state index in [4.69, 9.17) is 10.5 Å². The van der Waals surface area contributed by atoms with Crippen LogP contribution in [-0.4, -0.2) is 6.04 Å². The molecule has 0 radical (unpaired) electrons. The number of hydrogen-bond acceptors (Lipinski definition) is 2. The lowest BCUT2D eigenvalue weighted by Gasteiger charge is -2.10. The van der Waals surface area contributed by atoms with Gasteiger partial charge in [0.1, 0.15) is 18.2 Å². The third kappa shape index (κ3) is 4.38. The van der Waals surface area contributed by atoms with Crippen molar-refractivity contribution in [1.82, 2.24) is 0 Å². The van der Waals surface area contributed by atoms with E-state index in [1.807, 2.05) is 43.3 Å². The maximum atomic E-state index is 13.5. The summed E-state index contributed by atoms with van der Waals surface area (Å²) in [5.74, 6) is 0.251. The highest BCUT2D eigenvalue weighted by Gasteiger charge is 2.04. The molecule has 0 saturated carbocycles. The fraction of sp³-hybridized carbons (Fsp3) is 0.250. The minimum atomic E-state index is -0.291. The molecule has 2 aromatic carbocycles. The summed E-state index contributed by atoms with van der Waals surface area (Å²) in [6.45, 7) is 2.33. The Morgan fingerprint density at radius 1 is 1.11 bits per heavy atom. The molecule has 2 aromatic rings. The first kappa shape index (κ1) is 13.6. The van der Waals surface area contributed by atoms with Gasteiger partial charge < -0.3 is 10.5 Å². The van der Waals surface area contributed by atoms with Gasteiger partial charge in [0.2, 0.25) is 0 Å². The second-order valence-corrected chi connectivity index (χ2v) is 4.75. The van der Waals surface area contributed by atoms with E-state index in [9.17, 15) is 4.39 Å². The number of benzene rings is 2. The van der Waals surface area contributed by atoms with Crippen LogP contribution in [0.4, 0.5) is 4.39 Å². The molecule has 0 spiro atoms. The third-order valence-electron chi connectivity index (χ3n) is 2.74. The molecule has 0 fully saturated rings.